The number of hydrogen-bond acceptors (Lipinski definition) is 2. The van der Waals surface area contributed by atoms with E-state index in [4.69, 9.17) is 0 Å². The van der Waals surface area contributed by atoms with Gasteiger partial charge in [-0.2, -0.15) is 0 Å². The molecule has 0 unspecified atom stereocenters. The van der Waals surface area contributed by atoms with Gasteiger partial charge in [0.2, 0.25) is 0 Å². The van der Waals surface area contributed by atoms with E-state index in [1.54, 1.807) is 0 Å². The third-order valence-electron chi connectivity index (χ3n) is 3.76. The van der Waals surface area contributed by atoms with Crippen molar-refractivity contribution in [2.45, 2.75) is 13.0 Å². The zero-order valence-electron chi connectivity index (χ0n) is 11.1. The van der Waals surface area contributed by atoms with Crippen molar-refractivity contribution in [2.24, 2.45) is 0 Å². The van der Waals surface area contributed by atoms with E-state index in [1.807, 2.05) is 41.3 Å². The van der Waals surface area contributed by atoms with E-state index in [0.717, 1.165) is 30.6 Å². The molecule has 0 saturated carbocycles. The second kappa shape index (κ2) is 5.02. The summed E-state index contributed by atoms with van der Waals surface area (Å²) in [6.07, 6.45) is 0. The highest BCUT2D eigenvalue weighted by Gasteiger charge is 2.23. The lowest BCUT2D eigenvalue weighted by Gasteiger charge is -2.34. The Labute approximate surface area is 113 Å². The Hall–Kier alpha value is -1.87. The van der Waals surface area contributed by atoms with Crippen LogP contribution in [0.2, 0.25) is 0 Å². The number of nitrogens with zero attached hydrogens (tertiary/aromatic N) is 1. The summed E-state index contributed by atoms with van der Waals surface area (Å²) in [7, 11) is 0. The predicted molar refractivity (Wildman–Crippen MR) is 77.3 cm³/mol. The van der Waals surface area contributed by atoms with E-state index < -0.39 is 0 Å². The van der Waals surface area contributed by atoms with Crippen molar-refractivity contribution in [3.05, 3.63) is 48.0 Å². The van der Waals surface area contributed by atoms with Gasteiger partial charge in [0.05, 0.1) is 0 Å². The van der Waals surface area contributed by atoms with Crippen molar-refractivity contribution in [2.75, 3.05) is 19.6 Å². The lowest BCUT2D eigenvalue weighted by molar-refractivity contribution is 0.0656. The zero-order chi connectivity index (χ0) is 13.2. The first-order chi connectivity index (χ1) is 9.25. The van der Waals surface area contributed by atoms with Gasteiger partial charge in [0.15, 0.2) is 0 Å². The molecule has 1 atom stereocenters. The molecule has 0 bridgehead atoms. The van der Waals surface area contributed by atoms with E-state index in [1.165, 1.54) is 5.39 Å². The maximum Gasteiger partial charge on any atom is 0.254 e. The highest BCUT2D eigenvalue weighted by atomic mass is 16.2. The van der Waals surface area contributed by atoms with Crippen molar-refractivity contribution < 1.29 is 4.79 Å². The minimum absolute atomic E-state index is 0.139. The summed E-state index contributed by atoms with van der Waals surface area (Å²) >= 11 is 0. The minimum Gasteiger partial charge on any atom is -0.333 e. The maximum absolute atomic E-state index is 12.6. The Balaban J connectivity index is 1.92. The average molecular weight is 254 g/mol. The molecule has 19 heavy (non-hydrogen) atoms. The molecule has 2 aromatic rings. The molecule has 0 aromatic heterocycles. The quantitative estimate of drug-likeness (QED) is 0.846. The fourth-order valence-electron chi connectivity index (χ4n) is 2.63. The van der Waals surface area contributed by atoms with Crippen molar-refractivity contribution in [1.82, 2.24) is 10.2 Å². The Bertz CT molecular complexity index is 608. The van der Waals surface area contributed by atoms with Crippen molar-refractivity contribution in [3.63, 3.8) is 0 Å². The number of fused-ring (bicyclic) bond motifs is 1. The summed E-state index contributed by atoms with van der Waals surface area (Å²) in [4.78, 5) is 14.5. The fourth-order valence-corrected chi connectivity index (χ4v) is 2.63. The monoisotopic (exact) mass is 254 g/mol. The molecular formula is C16H18N2O. The normalized spacial score (nSPS) is 19.6. The standard InChI is InChI=1S/C16H18N2O/c1-12-11-17-8-9-18(12)16(19)15-7-6-13-4-2-3-5-14(13)10-15/h2-7,10,12,17H,8-9,11H2,1H3/t12-/m0/s1. The minimum atomic E-state index is 0.139. The molecular weight excluding hydrogens is 236 g/mol. The maximum atomic E-state index is 12.6. The smallest absolute Gasteiger partial charge is 0.254 e. The van der Waals surface area contributed by atoms with Gasteiger partial charge in [0.1, 0.15) is 0 Å². The van der Waals surface area contributed by atoms with Gasteiger partial charge in [-0.15, -0.1) is 0 Å². The number of nitrogens with one attached hydrogen (secondary N) is 1. The first kappa shape index (κ1) is 12.2. The Morgan fingerprint density at radius 1 is 1.21 bits per heavy atom. The Morgan fingerprint density at radius 2 is 2.00 bits per heavy atom. The molecule has 1 amide bonds. The molecule has 2 aromatic carbocycles. The van der Waals surface area contributed by atoms with Crippen molar-refractivity contribution in [3.8, 4) is 0 Å². The molecule has 1 fully saturated rings. The fraction of sp³-hybridized carbons (Fsp3) is 0.312. The van der Waals surface area contributed by atoms with Crippen LogP contribution in [0.25, 0.3) is 10.8 Å². The van der Waals surface area contributed by atoms with E-state index in [2.05, 4.69) is 18.3 Å². The summed E-state index contributed by atoms with van der Waals surface area (Å²) in [5.41, 5.74) is 0.785. The van der Waals surface area contributed by atoms with Crippen LogP contribution >= 0.6 is 0 Å². The van der Waals surface area contributed by atoms with Gasteiger partial charge in [-0.3, -0.25) is 4.79 Å². The zero-order valence-corrected chi connectivity index (χ0v) is 11.1. The summed E-state index contributed by atoms with van der Waals surface area (Å²) in [6, 6.07) is 14.3. The van der Waals surface area contributed by atoms with Crippen LogP contribution in [0.3, 0.4) is 0 Å². The number of amides is 1. The van der Waals surface area contributed by atoms with Crippen LogP contribution in [0.5, 0.6) is 0 Å². The van der Waals surface area contributed by atoms with E-state index in [-0.39, 0.29) is 11.9 Å². The largest absolute Gasteiger partial charge is 0.333 e. The van der Waals surface area contributed by atoms with Gasteiger partial charge < -0.3 is 10.2 Å². The third kappa shape index (κ3) is 2.34. The van der Waals surface area contributed by atoms with Crippen LogP contribution in [-0.2, 0) is 0 Å². The van der Waals surface area contributed by atoms with Crippen molar-refractivity contribution in [1.29, 1.82) is 0 Å². The van der Waals surface area contributed by atoms with E-state index in [9.17, 15) is 4.79 Å². The third-order valence-corrected chi connectivity index (χ3v) is 3.76. The molecule has 1 aliphatic heterocycles. The molecule has 0 aliphatic carbocycles. The Kier molecular flexibility index (Phi) is 3.22. The highest BCUT2D eigenvalue weighted by molar-refractivity contribution is 5.98. The second-order valence-electron chi connectivity index (χ2n) is 5.11. The van der Waals surface area contributed by atoms with Crippen LogP contribution < -0.4 is 5.32 Å². The van der Waals surface area contributed by atoms with Gasteiger partial charge in [0, 0.05) is 31.2 Å². The first-order valence-electron chi connectivity index (χ1n) is 6.76. The predicted octanol–water partition coefficient (Wildman–Crippen LogP) is 2.27. The van der Waals surface area contributed by atoms with Crippen molar-refractivity contribution >= 4 is 16.7 Å². The van der Waals surface area contributed by atoms with Gasteiger partial charge in [-0.05, 0) is 29.8 Å². The lowest BCUT2D eigenvalue weighted by Crippen LogP contribution is -2.52. The summed E-state index contributed by atoms with van der Waals surface area (Å²) in [5, 5.41) is 5.60. The summed E-state index contributed by atoms with van der Waals surface area (Å²) < 4.78 is 0. The molecule has 3 nitrogen and oxygen atoms in total. The van der Waals surface area contributed by atoms with Gasteiger partial charge in [-0.25, -0.2) is 0 Å². The Morgan fingerprint density at radius 3 is 2.79 bits per heavy atom. The number of piperazine rings is 1. The number of carbonyl (C=O) groups excluding carboxylic acids is 1. The number of hydrogen-bond donors (Lipinski definition) is 1. The number of carbonyl (C=O) groups is 1. The van der Waals surface area contributed by atoms with Gasteiger partial charge >= 0.3 is 0 Å². The van der Waals surface area contributed by atoms with Crippen LogP contribution in [-0.4, -0.2) is 36.5 Å². The topological polar surface area (TPSA) is 32.3 Å². The molecule has 98 valence electrons. The number of benzene rings is 2. The van der Waals surface area contributed by atoms with Gasteiger partial charge in [-0.1, -0.05) is 30.3 Å². The van der Waals surface area contributed by atoms with Crippen LogP contribution in [0, 0.1) is 0 Å². The average Bonchev–Trinajstić information content (AvgIpc) is 2.46. The molecule has 1 aliphatic rings. The molecule has 0 spiro atoms. The molecule has 3 heteroatoms. The molecule has 0 radical (unpaired) electrons. The lowest BCUT2D eigenvalue weighted by atomic mass is 10.1. The van der Waals surface area contributed by atoms with E-state index >= 15 is 0 Å². The van der Waals surface area contributed by atoms with Crippen LogP contribution in [0.1, 0.15) is 17.3 Å². The molecule has 1 saturated heterocycles. The van der Waals surface area contributed by atoms with Crippen LogP contribution in [0.4, 0.5) is 0 Å². The first-order valence-corrected chi connectivity index (χ1v) is 6.76. The molecule has 1 heterocycles. The highest BCUT2D eigenvalue weighted by Crippen LogP contribution is 2.18. The second-order valence-corrected chi connectivity index (χ2v) is 5.11. The summed E-state index contributed by atoms with van der Waals surface area (Å²) in [5.74, 6) is 0.139. The van der Waals surface area contributed by atoms with E-state index in [0.29, 0.717) is 0 Å². The van der Waals surface area contributed by atoms with Crippen LogP contribution in [0.15, 0.2) is 42.5 Å². The summed E-state index contributed by atoms with van der Waals surface area (Å²) in [6.45, 7) is 4.63. The SMILES string of the molecule is C[C@H]1CNCCN1C(=O)c1ccc2ccccc2c1. The molecule has 1 N–H and O–H groups in total. The molecule has 3 rings (SSSR count). The van der Waals surface area contributed by atoms with Gasteiger partial charge in [0.25, 0.3) is 5.91 Å². The number of rotatable bonds is 1.